The number of carbonyl (C=O) groups excluding carboxylic acids is 1. The van der Waals surface area contributed by atoms with Crippen molar-refractivity contribution < 1.29 is 15.2 Å². The van der Waals surface area contributed by atoms with Crippen molar-refractivity contribution in [2.45, 2.75) is 24.9 Å². The Hall–Kier alpha value is -1.42. The Balaban J connectivity index is 2.06. The van der Waals surface area contributed by atoms with Gasteiger partial charge in [0, 0.05) is 30.8 Å². The van der Waals surface area contributed by atoms with Crippen molar-refractivity contribution in [2.75, 3.05) is 0 Å². The van der Waals surface area contributed by atoms with Gasteiger partial charge in [0.05, 0.1) is 5.97 Å². The number of carboxylic acids is 1. The maximum atomic E-state index is 10.6. The van der Waals surface area contributed by atoms with Gasteiger partial charge >= 0.3 is 0 Å². The van der Waals surface area contributed by atoms with E-state index >= 15 is 0 Å². The number of hydrogen-bond acceptors (Lipinski definition) is 3. The number of aromatic nitrogens is 1. The predicted octanol–water partition coefficient (Wildman–Crippen LogP) is -1.40. The largest absolute Gasteiger partial charge is 0.544 e. The Labute approximate surface area is 82.0 Å². The monoisotopic (exact) mass is 192 g/mol. The summed E-state index contributed by atoms with van der Waals surface area (Å²) in [4.78, 5) is 14.6. The topological polar surface area (TPSA) is 69.6 Å². The number of hydrogen-bond donors (Lipinski definition) is 1. The van der Waals surface area contributed by atoms with Gasteiger partial charge in [-0.15, -0.1) is 0 Å². The third-order valence-corrected chi connectivity index (χ3v) is 2.67. The number of carboxylic acid groups (broad SMARTS) is 1. The fourth-order valence-electron chi connectivity index (χ4n) is 1.90. The average molecular weight is 192 g/mol. The molecular weight excluding hydrogens is 180 g/mol. The van der Waals surface area contributed by atoms with E-state index in [4.69, 9.17) is 0 Å². The summed E-state index contributed by atoms with van der Waals surface area (Å²) in [5, 5.41) is 12.5. The summed E-state index contributed by atoms with van der Waals surface area (Å²) in [6.45, 7) is 0. The lowest BCUT2D eigenvalue weighted by Crippen LogP contribution is -2.90. The van der Waals surface area contributed by atoms with Crippen molar-refractivity contribution in [1.29, 1.82) is 0 Å². The van der Waals surface area contributed by atoms with E-state index in [9.17, 15) is 9.90 Å². The van der Waals surface area contributed by atoms with Crippen LogP contribution in [0.4, 0.5) is 0 Å². The molecule has 2 heterocycles. The van der Waals surface area contributed by atoms with Gasteiger partial charge in [-0.05, 0) is 6.07 Å². The molecule has 0 amide bonds. The molecule has 2 N–H and O–H groups in total. The number of quaternary nitrogens is 1. The molecule has 1 aliphatic heterocycles. The second-order valence-corrected chi connectivity index (χ2v) is 3.59. The highest BCUT2D eigenvalue weighted by Gasteiger charge is 2.29. The summed E-state index contributed by atoms with van der Waals surface area (Å²) >= 11 is 0. The fraction of sp³-hybridized carbons (Fsp3) is 0.400. The molecule has 0 bridgehead atoms. The maximum absolute atomic E-state index is 10.6. The van der Waals surface area contributed by atoms with E-state index in [0.29, 0.717) is 6.42 Å². The maximum Gasteiger partial charge on any atom is 0.127 e. The quantitative estimate of drug-likeness (QED) is 0.626. The minimum Gasteiger partial charge on any atom is -0.544 e. The van der Waals surface area contributed by atoms with Crippen LogP contribution in [0.3, 0.4) is 0 Å². The smallest absolute Gasteiger partial charge is 0.127 e. The van der Waals surface area contributed by atoms with Crippen LogP contribution < -0.4 is 10.4 Å². The molecule has 1 aromatic rings. The van der Waals surface area contributed by atoms with Crippen LogP contribution in [-0.4, -0.2) is 17.0 Å². The molecule has 0 radical (unpaired) electrons. The number of carbonyl (C=O) groups is 1. The lowest BCUT2D eigenvalue weighted by molar-refractivity contribution is -0.701. The minimum absolute atomic E-state index is 0.228. The first-order chi connectivity index (χ1) is 6.77. The summed E-state index contributed by atoms with van der Waals surface area (Å²) in [7, 11) is 0. The summed E-state index contributed by atoms with van der Waals surface area (Å²) in [6.07, 6.45) is 5.07. The van der Waals surface area contributed by atoms with Gasteiger partial charge in [0.15, 0.2) is 0 Å². The molecule has 4 heteroatoms. The lowest BCUT2D eigenvalue weighted by atomic mass is 10.1. The molecule has 1 aromatic heterocycles. The van der Waals surface area contributed by atoms with Gasteiger partial charge in [0.2, 0.25) is 0 Å². The van der Waals surface area contributed by atoms with E-state index in [2.05, 4.69) is 4.98 Å². The van der Waals surface area contributed by atoms with Crippen molar-refractivity contribution in [3.63, 3.8) is 0 Å². The van der Waals surface area contributed by atoms with Gasteiger partial charge in [-0.2, -0.15) is 0 Å². The first kappa shape index (κ1) is 9.15. The predicted molar refractivity (Wildman–Crippen MR) is 46.9 cm³/mol. The van der Waals surface area contributed by atoms with Crippen LogP contribution >= 0.6 is 0 Å². The molecule has 2 rings (SSSR count). The van der Waals surface area contributed by atoms with Gasteiger partial charge in [0.1, 0.15) is 12.1 Å². The Bertz CT molecular complexity index is 326. The summed E-state index contributed by atoms with van der Waals surface area (Å²) in [5.41, 5.74) is 1.09. The van der Waals surface area contributed by atoms with E-state index < -0.39 is 5.97 Å². The number of nitrogens with zero attached hydrogens (tertiary/aromatic N) is 1. The van der Waals surface area contributed by atoms with Gasteiger partial charge in [-0.1, -0.05) is 6.07 Å². The average Bonchev–Trinajstić information content (AvgIpc) is 2.68. The fourth-order valence-corrected chi connectivity index (χ4v) is 1.90. The highest BCUT2D eigenvalue weighted by atomic mass is 16.4. The Morgan fingerprint density at radius 1 is 1.57 bits per heavy atom. The van der Waals surface area contributed by atoms with Crippen LogP contribution in [0.15, 0.2) is 24.5 Å². The molecule has 14 heavy (non-hydrogen) atoms. The number of aliphatic carboxylic acids is 1. The number of pyridine rings is 1. The molecule has 0 spiro atoms. The summed E-state index contributed by atoms with van der Waals surface area (Å²) in [6, 6.07) is 3.69. The van der Waals surface area contributed by atoms with Crippen LogP contribution in [0.25, 0.3) is 0 Å². The zero-order chi connectivity index (χ0) is 9.97. The zero-order valence-electron chi connectivity index (χ0n) is 7.72. The standard InChI is InChI=1S/C10H12N2O2/c13-10(14)9-4-3-8(12-9)7-2-1-5-11-6-7/h1-2,5-6,8-9,12H,3-4H2,(H,13,14)/t8-,9+/m1/s1. The normalized spacial score (nSPS) is 26.3. The Morgan fingerprint density at radius 3 is 3.00 bits per heavy atom. The Kier molecular flexibility index (Phi) is 2.45. The molecule has 0 aromatic carbocycles. The molecule has 4 nitrogen and oxygen atoms in total. The summed E-state index contributed by atoms with van der Waals surface area (Å²) in [5.74, 6) is -0.962. The lowest BCUT2D eigenvalue weighted by Gasteiger charge is -2.11. The van der Waals surface area contributed by atoms with E-state index in [0.717, 1.165) is 12.0 Å². The molecule has 74 valence electrons. The molecule has 0 unspecified atom stereocenters. The zero-order valence-corrected chi connectivity index (χ0v) is 7.72. The molecular formula is C10H12N2O2. The molecule has 0 aliphatic carbocycles. The SMILES string of the molecule is O=C([O-])[C@@H]1CC[C@H](c2cccnc2)[NH2+]1. The summed E-state index contributed by atoms with van der Waals surface area (Å²) < 4.78 is 0. The molecule has 2 atom stereocenters. The second kappa shape index (κ2) is 3.75. The van der Waals surface area contributed by atoms with Crippen molar-refractivity contribution in [2.24, 2.45) is 0 Å². The van der Waals surface area contributed by atoms with Gasteiger partial charge in [0.25, 0.3) is 0 Å². The van der Waals surface area contributed by atoms with Crippen molar-refractivity contribution in [1.82, 2.24) is 4.98 Å². The van der Waals surface area contributed by atoms with Crippen molar-refractivity contribution in [3.8, 4) is 0 Å². The van der Waals surface area contributed by atoms with Crippen LogP contribution in [0.1, 0.15) is 24.4 Å². The first-order valence-electron chi connectivity index (χ1n) is 4.73. The van der Waals surface area contributed by atoms with Crippen molar-refractivity contribution in [3.05, 3.63) is 30.1 Å². The van der Waals surface area contributed by atoms with Gasteiger partial charge in [-0.25, -0.2) is 0 Å². The minimum atomic E-state index is -0.962. The van der Waals surface area contributed by atoms with Gasteiger partial charge in [-0.3, -0.25) is 4.98 Å². The third kappa shape index (κ3) is 1.75. The molecule has 1 fully saturated rings. The van der Waals surface area contributed by atoms with Gasteiger partial charge < -0.3 is 15.2 Å². The van der Waals surface area contributed by atoms with E-state index in [1.54, 1.807) is 12.4 Å². The van der Waals surface area contributed by atoms with E-state index in [1.807, 2.05) is 17.4 Å². The number of nitrogens with two attached hydrogens (primary N) is 1. The Morgan fingerprint density at radius 2 is 2.43 bits per heavy atom. The highest BCUT2D eigenvalue weighted by molar-refractivity contribution is 5.69. The second-order valence-electron chi connectivity index (χ2n) is 3.59. The van der Waals surface area contributed by atoms with E-state index in [-0.39, 0.29) is 12.1 Å². The molecule has 0 saturated carbocycles. The van der Waals surface area contributed by atoms with Crippen molar-refractivity contribution >= 4 is 5.97 Å². The van der Waals surface area contributed by atoms with Crippen LogP contribution in [0.5, 0.6) is 0 Å². The number of rotatable bonds is 2. The van der Waals surface area contributed by atoms with Crippen LogP contribution in [0.2, 0.25) is 0 Å². The third-order valence-electron chi connectivity index (χ3n) is 2.67. The van der Waals surface area contributed by atoms with Crippen LogP contribution in [0, 0.1) is 0 Å². The molecule has 1 aliphatic rings. The first-order valence-corrected chi connectivity index (χ1v) is 4.73. The van der Waals surface area contributed by atoms with E-state index in [1.165, 1.54) is 0 Å². The molecule has 1 saturated heterocycles. The highest BCUT2D eigenvalue weighted by Crippen LogP contribution is 2.18. The van der Waals surface area contributed by atoms with Crippen LogP contribution in [-0.2, 0) is 4.79 Å².